The van der Waals surface area contributed by atoms with Crippen molar-refractivity contribution in [2.24, 2.45) is 5.92 Å². The molecule has 1 aliphatic heterocycles. The van der Waals surface area contributed by atoms with Crippen LogP contribution in [0.1, 0.15) is 18.1 Å². The lowest BCUT2D eigenvalue weighted by atomic mass is 9.96. The molecule has 1 unspecified atom stereocenters. The summed E-state index contributed by atoms with van der Waals surface area (Å²) >= 11 is 0. The first-order valence-electron chi connectivity index (χ1n) is 10.5. The van der Waals surface area contributed by atoms with Gasteiger partial charge in [-0.1, -0.05) is 12.1 Å². The molecule has 1 atom stereocenters. The average Bonchev–Trinajstić information content (AvgIpc) is 3.20. The predicted octanol–water partition coefficient (Wildman–Crippen LogP) is 3.59. The zero-order valence-electron chi connectivity index (χ0n) is 18.2. The molecule has 7 heteroatoms. The number of ether oxygens (including phenoxy) is 2. The van der Waals surface area contributed by atoms with Crippen LogP contribution in [0, 0.1) is 5.92 Å². The Morgan fingerprint density at radius 1 is 1.23 bits per heavy atom. The van der Waals surface area contributed by atoms with Crippen LogP contribution in [-0.2, 0) is 17.8 Å². The number of amides is 1. The molecule has 1 aromatic heterocycles. The molecule has 0 spiro atoms. The van der Waals surface area contributed by atoms with E-state index in [1.807, 2.05) is 45.3 Å². The fourth-order valence-corrected chi connectivity index (χ4v) is 3.66. The monoisotopic (exact) mass is 420 g/mol. The lowest BCUT2D eigenvalue weighted by molar-refractivity contribution is -0.121. The number of hydrogen-bond donors (Lipinski definition) is 1. The molecule has 4 rings (SSSR count). The summed E-state index contributed by atoms with van der Waals surface area (Å²) in [5, 5.41) is 7.40. The van der Waals surface area contributed by atoms with Crippen LogP contribution < -0.4 is 19.7 Å². The number of nitrogens with zero attached hydrogens (tertiary/aromatic N) is 3. The van der Waals surface area contributed by atoms with Crippen LogP contribution in [0.3, 0.4) is 0 Å². The van der Waals surface area contributed by atoms with Crippen molar-refractivity contribution in [3.8, 4) is 11.5 Å². The summed E-state index contributed by atoms with van der Waals surface area (Å²) in [6.45, 7) is 3.49. The number of carbonyl (C=O) groups excluding carboxylic acids is 1. The Kier molecular flexibility index (Phi) is 6.11. The number of carbonyl (C=O) groups is 1. The summed E-state index contributed by atoms with van der Waals surface area (Å²) in [4.78, 5) is 15.0. The van der Waals surface area contributed by atoms with Gasteiger partial charge in [-0.25, -0.2) is 4.68 Å². The van der Waals surface area contributed by atoms with Crippen molar-refractivity contribution in [2.45, 2.75) is 19.9 Å². The van der Waals surface area contributed by atoms with Gasteiger partial charge < -0.3 is 19.7 Å². The summed E-state index contributed by atoms with van der Waals surface area (Å²) in [5.74, 6) is 1.95. The third-order valence-electron chi connectivity index (χ3n) is 5.37. The van der Waals surface area contributed by atoms with E-state index >= 15 is 0 Å². The lowest BCUT2D eigenvalue weighted by Crippen LogP contribution is -2.33. The van der Waals surface area contributed by atoms with Crippen LogP contribution in [-0.4, -0.2) is 43.0 Å². The van der Waals surface area contributed by atoms with Gasteiger partial charge in [0.1, 0.15) is 23.9 Å². The molecule has 0 saturated heterocycles. The van der Waals surface area contributed by atoms with Gasteiger partial charge >= 0.3 is 0 Å². The van der Waals surface area contributed by atoms with Crippen LogP contribution >= 0.6 is 0 Å². The van der Waals surface area contributed by atoms with Gasteiger partial charge in [0.2, 0.25) is 5.91 Å². The fourth-order valence-electron chi connectivity index (χ4n) is 3.66. The lowest BCUT2D eigenvalue weighted by Gasteiger charge is -2.25. The van der Waals surface area contributed by atoms with Crippen molar-refractivity contribution < 1.29 is 14.3 Å². The quantitative estimate of drug-likeness (QED) is 0.633. The Hall–Kier alpha value is -3.48. The maximum atomic E-state index is 12.9. The highest BCUT2D eigenvalue weighted by Crippen LogP contribution is 2.31. The van der Waals surface area contributed by atoms with Crippen molar-refractivity contribution in [3.05, 3.63) is 65.9 Å². The van der Waals surface area contributed by atoms with Crippen LogP contribution in [0.5, 0.6) is 11.5 Å². The van der Waals surface area contributed by atoms with Crippen molar-refractivity contribution >= 4 is 17.4 Å². The summed E-state index contributed by atoms with van der Waals surface area (Å²) < 4.78 is 13.2. The van der Waals surface area contributed by atoms with Crippen LogP contribution in [0.25, 0.3) is 0 Å². The molecule has 1 aliphatic rings. The average molecular weight is 421 g/mol. The van der Waals surface area contributed by atoms with Gasteiger partial charge in [0.05, 0.1) is 25.3 Å². The Balaban J connectivity index is 1.42. The molecular formula is C24H28N4O3. The van der Waals surface area contributed by atoms with Gasteiger partial charge in [0.15, 0.2) is 0 Å². The molecule has 0 fully saturated rings. The Bertz CT molecular complexity index is 1040. The molecule has 7 nitrogen and oxygen atoms in total. The number of aromatic nitrogens is 2. The van der Waals surface area contributed by atoms with E-state index in [9.17, 15) is 4.79 Å². The Morgan fingerprint density at radius 3 is 2.77 bits per heavy atom. The second-order valence-electron chi connectivity index (χ2n) is 7.84. The smallest absolute Gasteiger partial charge is 0.232 e. The summed E-state index contributed by atoms with van der Waals surface area (Å²) in [5.41, 5.74) is 3.25. The normalized spacial score (nSPS) is 15.0. The van der Waals surface area contributed by atoms with E-state index in [1.165, 1.54) is 0 Å². The van der Waals surface area contributed by atoms with Crippen LogP contribution in [0.15, 0.2) is 54.7 Å². The van der Waals surface area contributed by atoms with Gasteiger partial charge in [-0.15, -0.1) is 0 Å². The molecule has 0 bridgehead atoms. The van der Waals surface area contributed by atoms with Crippen molar-refractivity contribution in [3.63, 3.8) is 0 Å². The molecule has 0 radical (unpaired) electrons. The van der Waals surface area contributed by atoms with Gasteiger partial charge in [-0.2, -0.15) is 5.10 Å². The Labute approximate surface area is 182 Å². The molecule has 1 amide bonds. The van der Waals surface area contributed by atoms with Crippen molar-refractivity contribution in [2.75, 3.05) is 37.5 Å². The first-order valence-corrected chi connectivity index (χ1v) is 10.5. The number of fused-ring (bicyclic) bond motifs is 1. The zero-order chi connectivity index (χ0) is 21.8. The minimum atomic E-state index is -0.271. The molecule has 2 aromatic carbocycles. The zero-order valence-corrected chi connectivity index (χ0v) is 18.2. The largest absolute Gasteiger partial charge is 0.494 e. The topological polar surface area (TPSA) is 68.6 Å². The molecule has 0 aliphatic carbocycles. The standard InChI is InChI=1S/C24H28N4O3/c1-4-30-21-9-10-22-18(14-21)13-19(16-31-22)24(29)26-23-11-12-25-28(23)15-17-5-7-20(8-6-17)27(2)3/h5-12,14,19H,4,13,15-16H2,1-3H3,(H,26,29). The van der Waals surface area contributed by atoms with E-state index in [0.29, 0.717) is 32.0 Å². The van der Waals surface area contributed by atoms with E-state index in [1.54, 1.807) is 10.9 Å². The van der Waals surface area contributed by atoms with E-state index in [-0.39, 0.29) is 11.8 Å². The Morgan fingerprint density at radius 2 is 2.03 bits per heavy atom. The third kappa shape index (κ3) is 4.82. The highest BCUT2D eigenvalue weighted by Gasteiger charge is 2.27. The number of benzene rings is 2. The maximum absolute atomic E-state index is 12.9. The van der Waals surface area contributed by atoms with Crippen molar-refractivity contribution in [1.29, 1.82) is 0 Å². The SMILES string of the molecule is CCOc1ccc2c(c1)CC(C(=O)Nc1ccnn1Cc1ccc(N(C)C)cc1)CO2. The summed E-state index contributed by atoms with van der Waals surface area (Å²) in [6.07, 6.45) is 2.31. The number of nitrogens with one attached hydrogen (secondary N) is 1. The van der Waals surface area contributed by atoms with Gasteiger partial charge in [0.25, 0.3) is 0 Å². The van der Waals surface area contributed by atoms with Crippen LogP contribution in [0.2, 0.25) is 0 Å². The second kappa shape index (κ2) is 9.12. The molecule has 1 N–H and O–H groups in total. The van der Waals surface area contributed by atoms with Gasteiger partial charge in [0, 0.05) is 25.8 Å². The molecular weight excluding hydrogens is 392 g/mol. The molecule has 31 heavy (non-hydrogen) atoms. The van der Waals surface area contributed by atoms with Gasteiger partial charge in [-0.05, 0) is 54.8 Å². The number of rotatable bonds is 7. The summed E-state index contributed by atoms with van der Waals surface area (Å²) in [6, 6.07) is 15.9. The van der Waals surface area contributed by atoms with E-state index < -0.39 is 0 Å². The fraction of sp³-hybridized carbons (Fsp3) is 0.333. The number of hydrogen-bond acceptors (Lipinski definition) is 5. The third-order valence-corrected chi connectivity index (χ3v) is 5.37. The van der Waals surface area contributed by atoms with Crippen molar-refractivity contribution in [1.82, 2.24) is 9.78 Å². The van der Waals surface area contributed by atoms with E-state index in [2.05, 4.69) is 39.6 Å². The number of anilines is 2. The van der Waals surface area contributed by atoms with Crippen LogP contribution in [0.4, 0.5) is 11.5 Å². The molecule has 162 valence electrons. The highest BCUT2D eigenvalue weighted by atomic mass is 16.5. The second-order valence-corrected chi connectivity index (χ2v) is 7.84. The predicted molar refractivity (Wildman–Crippen MR) is 121 cm³/mol. The first kappa shape index (κ1) is 20.8. The highest BCUT2D eigenvalue weighted by molar-refractivity contribution is 5.92. The minimum Gasteiger partial charge on any atom is -0.494 e. The minimum absolute atomic E-state index is 0.0721. The maximum Gasteiger partial charge on any atom is 0.232 e. The van der Waals surface area contributed by atoms with Gasteiger partial charge in [-0.3, -0.25) is 4.79 Å². The first-order chi connectivity index (χ1) is 15.0. The molecule has 0 saturated carbocycles. The molecule has 3 aromatic rings. The molecule has 2 heterocycles. The summed E-state index contributed by atoms with van der Waals surface area (Å²) in [7, 11) is 4.03. The van der Waals surface area contributed by atoms with E-state index in [4.69, 9.17) is 9.47 Å². The van der Waals surface area contributed by atoms with E-state index in [0.717, 1.165) is 28.3 Å².